The lowest BCUT2D eigenvalue weighted by atomic mass is 10.1. The van der Waals surface area contributed by atoms with Gasteiger partial charge in [-0.1, -0.05) is 30.1 Å². The molecular formula is C16H21Cl2NO3. The summed E-state index contributed by atoms with van der Waals surface area (Å²) < 4.78 is 11.3. The minimum atomic E-state index is -0.595. The summed E-state index contributed by atoms with van der Waals surface area (Å²) >= 11 is 11.9. The molecule has 0 aromatic heterocycles. The largest absolute Gasteiger partial charge is 0.479 e. The third-order valence-corrected chi connectivity index (χ3v) is 4.25. The van der Waals surface area contributed by atoms with Crippen LogP contribution in [-0.2, 0) is 9.53 Å². The van der Waals surface area contributed by atoms with Gasteiger partial charge in [0.25, 0.3) is 5.91 Å². The first-order valence-electron chi connectivity index (χ1n) is 7.55. The van der Waals surface area contributed by atoms with Gasteiger partial charge in [0.2, 0.25) is 0 Å². The molecule has 122 valence electrons. The van der Waals surface area contributed by atoms with E-state index in [1.54, 1.807) is 18.2 Å². The van der Waals surface area contributed by atoms with E-state index in [2.05, 4.69) is 5.32 Å². The van der Waals surface area contributed by atoms with Gasteiger partial charge in [-0.05, 0) is 44.4 Å². The quantitative estimate of drug-likeness (QED) is 0.852. The second-order valence-electron chi connectivity index (χ2n) is 5.44. The predicted molar refractivity (Wildman–Crippen MR) is 87.7 cm³/mol. The van der Waals surface area contributed by atoms with Gasteiger partial charge >= 0.3 is 0 Å². The Labute approximate surface area is 141 Å². The van der Waals surface area contributed by atoms with Crippen molar-refractivity contribution in [1.82, 2.24) is 5.32 Å². The molecule has 0 radical (unpaired) electrons. The summed E-state index contributed by atoms with van der Waals surface area (Å²) in [5.41, 5.74) is 0. The summed E-state index contributed by atoms with van der Waals surface area (Å²) in [6.45, 7) is 4.61. The van der Waals surface area contributed by atoms with Gasteiger partial charge in [0.1, 0.15) is 5.75 Å². The molecule has 0 saturated carbocycles. The average Bonchev–Trinajstić information content (AvgIpc) is 3.00. The Morgan fingerprint density at radius 2 is 2.27 bits per heavy atom. The normalized spacial score (nSPS) is 20.5. The molecule has 0 aliphatic carbocycles. The number of carbonyl (C=O) groups excluding carboxylic acids is 1. The van der Waals surface area contributed by atoms with Gasteiger partial charge < -0.3 is 14.8 Å². The molecule has 1 N–H and O–H groups in total. The molecule has 4 nitrogen and oxygen atoms in total. The second kappa shape index (κ2) is 8.04. The second-order valence-corrected chi connectivity index (χ2v) is 6.28. The molecule has 0 unspecified atom stereocenters. The molecule has 3 atom stereocenters. The molecule has 0 spiro atoms. The molecule has 0 bridgehead atoms. The van der Waals surface area contributed by atoms with Crippen molar-refractivity contribution >= 4 is 29.1 Å². The average molecular weight is 346 g/mol. The van der Waals surface area contributed by atoms with Crippen LogP contribution in [0.4, 0.5) is 0 Å². The van der Waals surface area contributed by atoms with Crippen LogP contribution in [0.3, 0.4) is 0 Å². The first-order chi connectivity index (χ1) is 10.5. The Morgan fingerprint density at radius 3 is 2.86 bits per heavy atom. The third kappa shape index (κ3) is 4.51. The molecule has 1 amide bonds. The number of ether oxygens (including phenoxy) is 2. The highest BCUT2D eigenvalue weighted by atomic mass is 35.5. The summed E-state index contributed by atoms with van der Waals surface area (Å²) in [6.07, 6.45) is 2.05. The molecule has 6 heteroatoms. The molecule has 1 aromatic rings. The lowest BCUT2D eigenvalue weighted by molar-refractivity contribution is -0.129. The van der Waals surface area contributed by atoms with E-state index < -0.39 is 6.10 Å². The molecule has 22 heavy (non-hydrogen) atoms. The zero-order chi connectivity index (χ0) is 16.1. The standard InChI is InChI=1S/C16H21Cl2NO3/c1-3-13(22-15-7-6-11(17)9-12(15)18)16(20)19-10(2)14-5-4-8-21-14/h6-7,9-10,13-14H,3-5,8H2,1-2H3,(H,19,20)/t10-,13+,14-/m0/s1. The summed E-state index contributed by atoms with van der Waals surface area (Å²) in [6, 6.07) is 4.92. The maximum absolute atomic E-state index is 12.4. The number of hydrogen-bond donors (Lipinski definition) is 1. The number of carbonyl (C=O) groups is 1. The minimum absolute atomic E-state index is 0.0339. The highest BCUT2D eigenvalue weighted by Crippen LogP contribution is 2.28. The van der Waals surface area contributed by atoms with Crippen LogP contribution in [0.25, 0.3) is 0 Å². The molecule has 1 saturated heterocycles. The van der Waals surface area contributed by atoms with Crippen LogP contribution in [0.2, 0.25) is 10.0 Å². The highest BCUT2D eigenvalue weighted by molar-refractivity contribution is 6.35. The predicted octanol–water partition coefficient (Wildman–Crippen LogP) is 3.83. The van der Waals surface area contributed by atoms with E-state index in [0.717, 1.165) is 19.4 Å². The third-order valence-electron chi connectivity index (χ3n) is 3.72. The Hall–Kier alpha value is -0.970. The van der Waals surface area contributed by atoms with Crippen LogP contribution < -0.4 is 10.1 Å². The fraction of sp³-hybridized carbons (Fsp3) is 0.562. The van der Waals surface area contributed by atoms with E-state index in [1.807, 2.05) is 13.8 Å². The lowest BCUT2D eigenvalue weighted by Crippen LogP contribution is -2.47. The fourth-order valence-corrected chi connectivity index (χ4v) is 2.91. The number of amides is 1. The van der Waals surface area contributed by atoms with Crippen molar-refractivity contribution < 1.29 is 14.3 Å². The number of halogens is 2. The van der Waals surface area contributed by atoms with Gasteiger partial charge in [-0.2, -0.15) is 0 Å². The first kappa shape index (κ1) is 17.4. The Balaban J connectivity index is 1.96. The van der Waals surface area contributed by atoms with Crippen molar-refractivity contribution in [3.63, 3.8) is 0 Å². The zero-order valence-electron chi connectivity index (χ0n) is 12.8. The van der Waals surface area contributed by atoms with Crippen molar-refractivity contribution in [2.45, 2.75) is 51.4 Å². The Bertz CT molecular complexity index is 518. The monoisotopic (exact) mass is 345 g/mol. The summed E-state index contributed by atoms with van der Waals surface area (Å²) in [7, 11) is 0. The van der Waals surface area contributed by atoms with E-state index in [-0.39, 0.29) is 18.1 Å². The SMILES string of the molecule is CC[C@@H](Oc1ccc(Cl)cc1Cl)C(=O)N[C@@H](C)[C@@H]1CCCO1. The minimum Gasteiger partial charge on any atom is -0.479 e. The van der Waals surface area contributed by atoms with Crippen molar-refractivity contribution in [2.75, 3.05) is 6.61 Å². The maximum atomic E-state index is 12.4. The van der Waals surface area contributed by atoms with Crippen LogP contribution in [0.5, 0.6) is 5.75 Å². The molecule has 2 rings (SSSR count). The van der Waals surface area contributed by atoms with Crippen molar-refractivity contribution in [3.8, 4) is 5.75 Å². The van der Waals surface area contributed by atoms with Crippen LogP contribution in [0.1, 0.15) is 33.1 Å². The number of nitrogens with one attached hydrogen (secondary N) is 1. The summed E-state index contributed by atoms with van der Waals surface area (Å²) in [5.74, 6) is 0.300. The van der Waals surface area contributed by atoms with E-state index in [9.17, 15) is 4.79 Å². The first-order valence-corrected chi connectivity index (χ1v) is 8.30. The van der Waals surface area contributed by atoms with Crippen LogP contribution in [0.15, 0.2) is 18.2 Å². The van der Waals surface area contributed by atoms with Crippen molar-refractivity contribution in [3.05, 3.63) is 28.2 Å². The molecule has 1 fully saturated rings. The van der Waals surface area contributed by atoms with Gasteiger partial charge in [0.15, 0.2) is 6.10 Å². The summed E-state index contributed by atoms with van der Waals surface area (Å²) in [4.78, 5) is 12.4. The fourth-order valence-electron chi connectivity index (χ4n) is 2.45. The Kier molecular flexibility index (Phi) is 6.36. The molecule has 1 aromatic carbocycles. The van der Waals surface area contributed by atoms with E-state index >= 15 is 0 Å². The zero-order valence-corrected chi connectivity index (χ0v) is 14.3. The van der Waals surface area contributed by atoms with Crippen LogP contribution >= 0.6 is 23.2 Å². The summed E-state index contributed by atoms with van der Waals surface area (Å²) in [5, 5.41) is 3.89. The van der Waals surface area contributed by atoms with E-state index in [0.29, 0.717) is 22.2 Å². The molecule has 1 aliphatic rings. The maximum Gasteiger partial charge on any atom is 0.261 e. The number of benzene rings is 1. The number of rotatable bonds is 6. The van der Waals surface area contributed by atoms with Crippen LogP contribution in [-0.4, -0.2) is 30.8 Å². The molecule has 1 heterocycles. The number of hydrogen-bond acceptors (Lipinski definition) is 3. The van der Waals surface area contributed by atoms with Gasteiger partial charge in [-0.15, -0.1) is 0 Å². The van der Waals surface area contributed by atoms with Gasteiger partial charge in [-0.25, -0.2) is 0 Å². The Morgan fingerprint density at radius 1 is 1.50 bits per heavy atom. The van der Waals surface area contributed by atoms with Gasteiger partial charge in [-0.3, -0.25) is 4.79 Å². The lowest BCUT2D eigenvalue weighted by Gasteiger charge is -2.24. The molecular weight excluding hydrogens is 325 g/mol. The van der Waals surface area contributed by atoms with E-state index in [1.165, 1.54) is 0 Å². The van der Waals surface area contributed by atoms with Crippen LogP contribution in [0, 0.1) is 0 Å². The van der Waals surface area contributed by atoms with Gasteiger partial charge in [0.05, 0.1) is 17.2 Å². The van der Waals surface area contributed by atoms with E-state index in [4.69, 9.17) is 32.7 Å². The van der Waals surface area contributed by atoms with Crippen molar-refractivity contribution in [2.24, 2.45) is 0 Å². The van der Waals surface area contributed by atoms with Gasteiger partial charge in [0, 0.05) is 11.6 Å². The molecule has 1 aliphatic heterocycles. The highest BCUT2D eigenvalue weighted by Gasteiger charge is 2.27. The van der Waals surface area contributed by atoms with Crippen molar-refractivity contribution in [1.29, 1.82) is 0 Å². The topological polar surface area (TPSA) is 47.6 Å². The smallest absolute Gasteiger partial charge is 0.261 e.